The van der Waals surface area contributed by atoms with Crippen molar-refractivity contribution in [2.45, 2.75) is 50.7 Å². The predicted octanol–water partition coefficient (Wildman–Crippen LogP) is 4.98. The molecule has 1 unspecified atom stereocenters. The van der Waals surface area contributed by atoms with Gasteiger partial charge in [0.25, 0.3) is 0 Å². The number of hydrogen-bond acceptors (Lipinski definition) is 4. The summed E-state index contributed by atoms with van der Waals surface area (Å²) in [6.07, 6.45) is 5.43. The summed E-state index contributed by atoms with van der Waals surface area (Å²) >= 11 is 0. The molecule has 1 saturated carbocycles. The number of benzene rings is 2. The molecule has 6 nitrogen and oxygen atoms in total. The quantitative estimate of drug-likeness (QED) is 0.264. The van der Waals surface area contributed by atoms with E-state index < -0.39 is 0 Å². The number of likely N-dealkylation sites (N-methyl/N-ethyl adjacent to an activating group) is 1. The van der Waals surface area contributed by atoms with Gasteiger partial charge in [-0.25, -0.2) is 4.79 Å². The van der Waals surface area contributed by atoms with Crippen molar-refractivity contribution in [2.24, 2.45) is 5.92 Å². The minimum Gasteiger partial charge on any atom is -0.445 e. The highest BCUT2D eigenvalue weighted by atomic mass is 16.5. The Morgan fingerprint density at radius 1 is 1.17 bits per heavy atom. The van der Waals surface area contributed by atoms with Crippen molar-refractivity contribution in [1.29, 1.82) is 0 Å². The molecule has 0 spiro atoms. The van der Waals surface area contributed by atoms with E-state index in [-0.39, 0.29) is 30.1 Å². The fourth-order valence-corrected chi connectivity index (χ4v) is 6.12. The van der Waals surface area contributed by atoms with Gasteiger partial charge in [-0.15, -0.1) is 0 Å². The number of quaternary nitrogens is 1. The zero-order valence-corrected chi connectivity index (χ0v) is 20.9. The van der Waals surface area contributed by atoms with E-state index >= 15 is 0 Å². The van der Waals surface area contributed by atoms with Crippen molar-refractivity contribution in [2.75, 3.05) is 26.7 Å². The van der Waals surface area contributed by atoms with Gasteiger partial charge in [0, 0.05) is 30.7 Å². The molecule has 1 N–H and O–H groups in total. The van der Waals surface area contributed by atoms with Gasteiger partial charge in [-0.1, -0.05) is 49.0 Å². The second kappa shape index (κ2) is 10.6. The zero-order valence-electron chi connectivity index (χ0n) is 20.9. The summed E-state index contributed by atoms with van der Waals surface area (Å²) < 4.78 is 11.9. The standard InChI is InChI=1S/C29H36N2O4/c1-4-16-31(3)17-15-29(24-11-8-12-27(18-24)35-22(2)32)19-26(14-13-25(29)20-31)30-28(33)34-21-23-9-6-5-7-10-23/h4-12,18,25-26H,1,13-17,19-21H2,2-3H3/p+1/t25?,26-,29-,31-/m0/s1. The minimum absolute atomic E-state index is 0.0307. The maximum Gasteiger partial charge on any atom is 0.407 e. The van der Waals surface area contributed by atoms with Crippen LogP contribution in [0, 0.1) is 5.92 Å². The lowest BCUT2D eigenvalue weighted by Crippen LogP contribution is -2.62. The normalized spacial score (nSPS) is 27.8. The summed E-state index contributed by atoms with van der Waals surface area (Å²) in [6, 6.07) is 17.7. The van der Waals surface area contributed by atoms with E-state index in [0.717, 1.165) is 55.4 Å². The molecular formula is C29H37N2O4+. The van der Waals surface area contributed by atoms with Gasteiger partial charge in [0.1, 0.15) is 12.4 Å². The Balaban J connectivity index is 1.53. The van der Waals surface area contributed by atoms with Crippen LogP contribution in [0.25, 0.3) is 0 Å². The first-order valence-corrected chi connectivity index (χ1v) is 12.5. The molecule has 0 bridgehead atoms. The fraction of sp³-hybridized carbons (Fsp3) is 0.448. The van der Waals surface area contributed by atoms with Crippen molar-refractivity contribution in [1.82, 2.24) is 5.32 Å². The van der Waals surface area contributed by atoms with Crippen LogP contribution in [-0.2, 0) is 21.6 Å². The number of likely N-dealkylation sites (tertiary alicyclic amines) is 1. The first-order valence-electron chi connectivity index (χ1n) is 12.5. The van der Waals surface area contributed by atoms with Crippen LogP contribution >= 0.6 is 0 Å². The van der Waals surface area contributed by atoms with Gasteiger partial charge < -0.3 is 19.3 Å². The summed E-state index contributed by atoms with van der Waals surface area (Å²) in [5, 5.41) is 3.14. The first-order chi connectivity index (χ1) is 16.8. The Labute approximate surface area is 208 Å². The van der Waals surface area contributed by atoms with E-state index in [1.54, 1.807) is 0 Å². The third-order valence-electron chi connectivity index (χ3n) is 7.79. The molecule has 0 radical (unpaired) electrons. The molecule has 4 rings (SSSR count). The molecule has 2 aliphatic rings. The van der Waals surface area contributed by atoms with E-state index in [0.29, 0.717) is 11.7 Å². The Hall–Kier alpha value is -3.12. The van der Waals surface area contributed by atoms with Crippen LogP contribution in [0.1, 0.15) is 43.7 Å². The molecule has 1 saturated heterocycles. The second-order valence-corrected chi connectivity index (χ2v) is 10.4. The summed E-state index contributed by atoms with van der Waals surface area (Å²) in [6.45, 7) is 8.71. The lowest BCUT2D eigenvalue weighted by atomic mass is 9.57. The van der Waals surface area contributed by atoms with Gasteiger partial charge in [-0.05, 0) is 48.6 Å². The third-order valence-corrected chi connectivity index (χ3v) is 7.79. The molecular weight excluding hydrogens is 440 g/mol. The average molecular weight is 478 g/mol. The molecule has 2 aromatic carbocycles. The monoisotopic (exact) mass is 477 g/mol. The largest absolute Gasteiger partial charge is 0.445 e. The van der Waals surface area contributed by atoms with Gasteiger partial charge in [0.15, 0.2) is 0 Å². The van der Waals surface area contributed by atoms with E-state index in [1.165, 1.54) is 12.5 Å². The summed E-state index contributed by atoms with van der Waals surface area (Å²) in [5.74, 6) is 0.723. The molecule has 1 heterocycles. The number of esters is 1. The number of alkyl carbamates (subject to hydrolysis) is 1. The molecule has 35 heavy (non-hydrogen) atoms. The van der Waals surface area contributed by atoms with Gasteiger partial charge in [0.2, 0.25) is 0 Å². The highest BCUT2D eigenvalue weighted by Crippen LogP contribution is 2.50. The topological polar surface area (TPSA) is 64.6 Å². The number of nitrogens with one attached hydrogen (secondary N) is 1. The van der Waals surface area contributed by atoms with Crippen LogP contribution in [-0.4, -0.2) is 49.3 Å². The number of hydrogen-bond donors (Lipinski definition) is 1. The van der Waals surface area contributed by atoms with Gasteiger partial charge >= 0.3 is 12.1 Å². The third kappa shape index (κ3) is 5.93. The Morgan fingerprint density at radius 2 is 1.97 bits per heavy atom. The number of fused-ring (bicyclic) bond motifs is 1. The number of piperidine rings is 1. The SMILES string of the molecule is C=CC[N@@+]1(C)CC[C@@]2(c3cccc(OC(C)=O)c3)C[C@@H](NC(=O)OCc3ccccc3)CCC2C1. The van der Waals surface area contributed by atoms with Gasteiger partial charge in [-0.2, -0.15) is 0 Å². The number of nitrogens with zero attached hydrogens (tertiary/aromatic N) is 1. The number of carbonyl (C=O) groups excluding carboxylic acids is 2. The van der Waals surface area contributed by atoms with E-state index in [2.05, 4.69) is 25.0 Å². The van der Waals surface area contributed by atoms with Crippen molar-refractivity contribution in [3.63, 3.8) is 0 Å². The van der Waals surface area contributed by atoms with Crippen LogP contribution in [0.15, 0.2) is 67.3 Å². The van der Waals surface area contributed by atoms with Crippen LogP contribution < -0.4 is 10.1 Å². The lowest BCUT2D eigenvalue weighted by Gasteiger charge is -2.55. The van der Waals surface area contributed by atoms with Crippen molar-refractivity contribution >= 4 is 12.1 Å². The predicted molar refractivity (Wildman–Crippen MR) is 136 cm³/mol. The Morgan fingerprint density at radius 3 is 2.71 bits per heavy atom. The number of amides is 1. The lowest BCUT2D eigenvalue weighted by molar-refractivity contribution is -0.914. The smallest absolute Gasteiger partial charge is 0.407 e. The van der Waals surface area contributed by atoms with E-state index in [1.807, 2.05) is 54.6 Å². The molecule has 2 fully saturated rings. The summed E-state index contributed by atoms with van der Waals surface area (Å²) in [4.78, 5) is 24.2. The maximum atomic E-state index is 12.6. The van der Waals surface area contributed by atoms with Gasteiger partial charge in [-0.3, -0.25) is 4.79 Å². The van der Waals surface area contributed by atoms with Crippen LogP contribution in [0.2, 0.25) is 0 Å². The number of carbonyl (C=O) groups is 2. The second-order valence-electron chi connectivity index (χ2n) is 10.4. The van der Waals surface area contributed by atoms with Crippen molar-refractivity contribution < 1.29 is 23.5 Å². The summed E-state index contributed by atoms with van der Waals surface area (Å²) in [5.41, 5.74) is 2.07. The van der Waals surface area contributed by atoms with Crippen LogP contribution in [0.5, 0.6) is 5.75 Å². The highest BCUT2D eigenvalue weighted by molar-refractivity contribution is 5.69. The summed E-state index contributed by atoms with van der Waals surface area (Å²) in [7, 11) is 2.31. The van der Waals surface area contributed by atoms with Crippen LogP contribution in [0.3, 0.4) is 0 Å². The molecule has 2 aromatic rings. The molecule has 6 heteroatoms. The zero-order chi connectivity index (χ0) is 24.9. The molecule has 1 aliphatic heterocycles. The van der Waals surface area contributed by atoms with Gasteiger partial charge in [0.05, 0.1) is 26.7 Å². The average Bonchev–Trinajstić information content (AvgIpc) is 2.83. The van der Waals surface area contributed by atoms with E-state index in [4.69, 9.17) is 9.47 Å². The Bertz CT molecular complexity index is 1060. The van der Waals surface area contributed by atoms with Crippen molar-refractivity contribution in [3.05, 3.63) is 78.4 Å². The number of rotatable bonds is 7. The molecule has 186 valence electrons. The minimum atomic E-state index is -0.371. The fourth-order valence-electron chi connectivity index (χ4n) is 6.12. The number of ether oxygens (including phenoxy) is 2. The first kappa shape index (κ1) is 25.0. The molecule has 4 atom stereocenters. The van der Waals surface area contributed by atoms with Crippen molar-refractivity contribution in [3.8, 4) is 5.75 Å². The highest BCUT2D eigenvalue weighted by Gasteiger charge is 2.52. The molecule has 1 aliphatic carbocycles. The Kier molecular flexibility index (Phi) is 7.60. The van der Waals surface area contributed by atoms with Crippen LogP contribution in [0.4, 0.5) is 4.79 Å². The molecule has 1 amide bonds. The molecule has 0 aromatic heterocycles. The maximum absolute atomic E-state index is 12.6. The van der Waals surface area contributed by atoms with E-state index in [9.17, 15) is 9.59 Å².